The number of carboxylic acids is 1. The van der Waals surface area contributed by atoms with Crippen molar-refractivity contribution >= 4 is 17.0 Å². The number of para-hydroxylation sites is 1. The van der Waals surface area contributed by atoms with Gasteiger partial charge in [0.1, 0.15) is 11.0 Å². The molecule has 6 nitrogen and oxygen atoms in total. The number of carbonyl (C=O) groups is 1. The minimum Gasteiger partial charge on any atom is -0.478 e. The molecule has 0 aliphatic carbocycles. The summed E-state index contributed by atoms with van der Waals surface area (Å²) in [7, 11) is 0. The third kappa shape index (κ3) is 2.65. The Balaban J connectivity index is 2.54. The van der Waals surface area contributed by atoms with Crippen LogP contribution in [0.2, 0.25) is 0 Å². The predicted octanol–water partition coefficient (Wildman–Crippen LogP) is 2.36. The molecule has 0 spiro atoms. The molecule has 20 heavy (non-hydrogen) atoms. The lowest BCUT2D eigenvalue weighted by molar-refractivity contribution is 0.0696. The zero-order valence-electron chi connectivity index (χ0n) is 11.9. The van der Waals surface area contributed by atoms with Crippen LogP contribution in [0.25, 0.3) is 11.0 Å². The van der Waals surface area contributed by atoms with E-state index in [1.807, 2.05) is 6.92 Å². The standard InChI is InChI=1S/C14H19N3O3/c1-4-20-8-12(9(2)3)17-13-10(14(18)19)6-5-7-11(13)15-16-17/h5-7,9,12H,4,8H2,1-3H3,(H,18,19). The molecule has 0 bridgehead atoms. The summed E-state index contributed by atoms with van der Waals surface area (Å²) in [5, 5.41) is 17.5. The van der Waals surface area contributed by atoms with Crippen molar-refractivity contribution in [3.8, 4) is 0 Å². The molecule has 2 rings (SSSR count). The van der Waals surface area contributed by atoms with E-state index in [4.69, 9.17) is 4.74 Å². The van der Waals surface area contributed by atoms with Crippen molar-refractivity contribution in [1.29, 1.82) is 0 Å². The Labute approximate surface area is 117 Å². The average molecular weight is 277 g/mol. The van der Waals surface area contributed by atoms with Crippen LogP contribution in [0.15, 0.2) is 18.2 Å². The Bertz CT molecular complexity index is 607. The maximum Gasteiger partial charge on any atom is 0.337 e. The lowest BCUT2D eigenvalue weighted by Gasteiger charge is -2.21. The Hall–Kier alpha value is -1.95. The molecule has 1 heterocycles. The van der Waals surface area contributed by atoms with Gasteiger partial charge in [-0.05, 0) is 25.0 Å². The third-order valence-corrected chi connectivity index (χ3v) is 3.30. The van der Waals surface area contributed by atoms with Crippen molar-refractivity contribution < 1.29 is 14.6 Å². The molecule has 0 saturated carbocycles. The number of aromatic carboxylic acids is 1. The van der Waals surface area contributed by atoms with E-state index in [1.165, 1.54) is 0 Å². The van der Waals surface area contributed by atoms with Crippen LogP contribution in [-0.2, 0) is 4.74 Å². The zero-order valence-corrected chi connectivity index (χ0v) is 11.9. The van der Waals surface area contributed by atoms with Crippen LogP contribution in [0.5, 0.6) is 0 Å². The van der Waals surface area contributed by atoms with E-state index >= 15 is 0 Å². The summed E-state index contributed by atoms with van der Waals surface area (Å²) in [6, 6.07) is 4.98. The largest absolute Gasteiger partial charge is 0.478 e. The SMILES string of the molecule is CCOCC(C(C)C)n1nnc2cccc(C(=O)O)c21. The van der Waals surface area contributed by atoms with Crippen LogP contribution in [0, 0.1) is 5.92 Å². The summed E-state index contributed by atoms with van der Waals surface area (Å²) in [6.07, 6.45) is 0. The van der Waals surface area contributed by atoms with E-state index in [0.29, 0.717) is 24.2 Å². The van der Waals surface area contributed by atoms with E-state index in [2.05, 4.69) is 24.2 Å². The summed E-state index contributed by atoms with van der Waals surface area (Å²) in [5.41, 5.74) is 1.36. The topological polar surface area (TPSA) is 77.2 Å². The van der Waals surface area contributed by atoms with E-state index in [0.717, 1.165) is 0 Å². The van der Waals surface area contributed by atoms with Crippen LogP contribution in [0.1, 0.15) is 37.2 Å². The molecule has 1 aromatic carbocycles. The number of nitrogens with zero attached hydrogens (tertiary/aromatic N) is 3. The minimum atomic E-state index is -0.974. The van der Waals surface area contributed by atoms with Gasteiger partial charge in [-0.15, -0.1) is 5.10 Å². The number of benzene rings is 1. The second-order valence-corrected chi connectivity index (χ2v) is 4.98. The molecule has 0 radical (unpaired) electrons. The monoisotopic (exact) mass is 277 g/mol. The summed E-state index contributed by atoms with van der Waals surface area (Å²) >= 11 is 0. The second-order valence-electron chi connectivity index (χ2n) is 4.98. The molecule has 0 fully saturated rings. The van der Waals surface area contributed by atoms with E-state index < -0.39 is 5.97 Å². The molecular formula is C14H19N3O3. The summed E-state index contributed by atoms with van der Waals surface area (Å²) in [4.78, 5) is 11.4. The van der Waals surface area contributed by atoms with Gasteiger partial charge in [-0.1, -0.05) is 25.1 Å². The Morgan fingerprint density at radius 2 is 2.20 bits per heavy atom. The molecule has 0 aliphatic rings. The Kier molecular flexibility index (Phi) is 4.34. The quantitative estimate of drug-likeness (QED) is 0.877. The van der Waals surface area contributed by atoms with Crippen molar-refractivity contribution in [2.45, 2.75) is 26.8 Å². The van der Waals surface area contributed by atoms with Gasteiger partial charge in [0.25, 0.3) is 0 Å². The van der Waals surface area contributed by atoms with Crippen molar-refractivity contribution in [2.24, 2.45) is 5.92 Å². The van der Waals surface area contributed by atoms with E-state index in [1.54, 1.807) is 22.9 Å². The van der Waals surface area contributed by atoms with Gasteiger partial charge in [-0.3, -0.25) is 0 Å². The molecule has 1 aromatic heterocycles. The molecule has 0 saturated heterocycles. The van der Waals surface area contributed by atoms with Gasteiger partial charge in [0.15, 0.2) is 0 Å². The highest BCUT2D eigenvalue weighted by molar-refractivity contribution is 6.00. The summed E-state index contributed by atoms with van der Waals surface area (Å²) < 4.78 is 7.17. The van der Waals surface area contributed by atoms with Crippen molar-refractivity contribution in [1.82, 2.24) is 15.0 Å². The number of fused-ring (bicyclic) bond motifs is 1. The first kappa shape index (κ1) is 14.5. The smallest absolute Gasteiger partial charge is 0.337 e. The molecule has 108 valence electrons. The molecule has 1 atom stereocenters. The first-order valence-corrected chi connectivity index (χ1v) is 6.71. The van der Waals surface area contributed by atoms with Crippen molar-refractivity contribution in [3.05, 3.63) is 23.8 Å². The third-order valence-electron chi connectivity index (χ3n) is 3.30. The molecule has 1 unspecified atom stereocenters. The number of hydrogen-bond donors (Lipinski definition) is 1. The molecule has 2 aromatic rings. The fourth-order valence-corrected chi connectivity index (χ4v) is 2.18. The normalized spacial score (nSPS) is 13.0. The Morgan fingerprint density at radius 3 is 2.80 bits per heavy atom. The highest BCUT2D eigenvalue weighted by atomic mass is 16.5. The highest BCUT2D eigenvalue weighted by Crippen LogP contribution is 2.25. The minimum absolute atomic E-state index is 0.0413. The first-order valence-electron chi connectivity index (χ1n) is 6.71. The van der Waals surface area contributed by atoms with Crippen LogP contribution in [0.3, 0.4) is 0 Å². The number of rotatable bonds is 6. The maximum absolute atomic E-state index is 11.4. The fourth-order valence-electron chi connectivity index (χ4n) is 2.18. The van der Waals surface area contributed by atoms with Crippen molar-refractivity contribution in [3.63, 3.8) is 0 Å². The summed E-state index contributed by atoms with van der Waals surface area (Å²) in [6.45, 7) is 7.14. The van der Waals surface area contributed by atoms with E-state index in [9.17, 15) is 9.90 Å². The van der Waals surface area contributed by atoms with Gasteiger partial charge in [0, 0.05) is 6.61 Å². The number of carboxylic acid groups (broad SMARTS) is 1. The van der Waals surface area contributed by atoms with Crippen LogP contribution in [0.4, 0.5) is 0 Å². The van der Waals surface area contributed by atoms with E-state index in [-0.39, 0.29) is 17.5 Å². The van der Waals surface area contributed by atoms with Gasteiger partial charge < -0.3 is 9.84 Å². The van der Waals surface area contributed by atoms with Gasteiger partial charge >= 0.3 is 5.97 Å². The lowest BCUT2D eigenvalue weighted by atomic mass is 10.0. The van der Waals surface area contributed by atoms with Crippen LogP contribution >= 0.6 is 0 Å². The zero-order chi connectivity index (χ0) is 14.7. The molecule has 0 amide bonds. The van der Waals surface area contributed by atoms with Gasteiger partial charge in [-0.25, -0.2) is 9.48 Å². The maximum atomic E-state index is 11.4. The lowest BCUT2D eigenvalue weighted by Crippen LogP contribution is -2.23. The van der Waals surface area contributed by atoms with Crippen molar-refractivity contribution in [2.75, 3.05) is 13.2 Å². The molecule has 1 N–H and O–H groups in total. The number of aromatic nitrogens is 3. The average Bonchev–Trinajstić information content (AvgIpc) is 2.82. The van der Waals surface area contributed by atoms with Gasteiger partial charge in [-0.2, -0.15) is 0 Å². The molecular weight excluding hydrogens is 258 g/mol. The highest BCUT2D eigenvalue weighted by Gasteiger charge is 2.23. The van der Waals surface area contributed by atoms with Gasteiger partial charge in [0.2, 0.25) is 0 Å². The van der Waals surface area contributed by atoms with Crippen LogP contribution < -0.4 is 0 Å². The predicted molar refractivity (Wildman–Crippen MR) is 74.9 cm³/mol. The fraction of sp³-hybridized carbons (Fsp3) is 0.500. The Morgan fingerprint density at radius 1 is 1.45 bits per heavy atom. The first-order chi connectivity index (χ1) is 9.56. The molecule has 6 heteroatoms. The number of ether oxygens (including phenoxy) is 1. The summed E-state index contributed by atoms with van der Waals surface area (Å²) in [5.74, 6) is -0.716. The second kappa shape index (κ2) is 6.00. The van der Waals surface area contributed by atoms with Gasteiger partial charge in [0.05, 0.1) is 18.2 Å². The number of hydrogen-bond acceptors (Lipinski definition) is 4. The van der Waals surface area contributed by atoms with Crippen LogP contribution in [-0.4, -0.2) is 39.3 Å². The molecule has 0 aliphatic heterocycles.